The Morgan fingerprint density at radius 1 is 0.238 bits per heavy atom. The Labute approximate surface area is 244 Å². The second kappa shape index (κ2) is 9.03. The van der Waals surface area contributed by atoms with E-state index < -0.39 is 0 Å². The quantitative estimate of drug-likeness (QED) is 0.195. The standard InChI is InChI=1S/C42H26/c1-3-15-30-27(11-1)13-9-21-32(30)29-23-24-38-39(25-29)34-17-5-6-18-35(34)41-26-40(36-19-7-8-20-37(36)42(38)41)33-22-10-14-28-12-2-4-16-31(28)33/h1-26H. The molecule has 0 heterocycles. The number of fused-ring (bicyclic) bond motifs is 10. The van der Waals surface area contributed by atoms with Gasteiger partial charge >= 0.3 is 0 Å². The number of rotatable bonds is 2. The van der Waals surface area contributed by atoms with Crippen molar-refractivity contribution in [1.82, 2.24) is 0 Å². The van der Waals surface area contributed by atoms with Crippen LogP contribution in [0, 0.1) is 0 Å². The maximum atomic E-state index is 2.44. The molecule has 0 radical (unpaired) electrons. The third kappa shape index (κ3) is 3.36. The molecule has 0 nitrogen and oxygen atoms in total. The number of hydrogen-bond acceptors (Lipinski definition) is 0. The van der Waals surface area contributed by atoms with Crippen LogP contribution in [0.5, 0.6) is 0 Å². The Morgan fingerprint density at radius 3 is 1.45 bits per heavy atom. The first-order valence-electron chi connectivity index (χ1n) is 14.6. The van der Waals surface area contributed by atoms with Gasteiger partial charge in [0.05, 0.1) is 0 Å². The molecule has 9 aromatic carbocycles. The van der Waals surface area contributed by atoms with Crippen molar-refractivity contribution in [3.63, 3.8) is 0 Å². The molecule has 9 aromatic rings. The van der Waals surface area contributed by atoms with E-state index in [4.69, 9.17) is 0 Å². The van der Waals surface area contributed by atoms with Gasteiger partial charge < -0.3 is 0 Å². The van der Waals surface area contributed by atoms with Crippen molar-refractivity contribution in [2.75, 3.05) is 0 Å². The lowest BCUT2D eigenvalue weighted by molar-refractivity contribution is 1.69. The molecule has 0 unspecified atom stereocenters. The molecule has 0 aliphatic carbocycles. The Hall–Kier alpha value is -5.46. The van der Waals surface area contributed by atoms with E-state index in [9.17, 15) is 0 Å². The van der Waals surface area contributed by atoms with Gasteiger partial charge in [-0.2, -0.15) is 0 Å². The third-order valence-electron chi connectivity index (χ3n) is 9.02. The highest BCUT2D eigenvalue weighted by molar-refractivity contribution is 6.33. The van der Waals surface area contributed by atoms with E-state index in [1.165, 1.54) is 86.9 Å². The normalized spacial score (nSPS) is 11.8. The van der Waals surface area contributed by atoms with Crippen molar-refractivity contribution in [2.45, 2.75) is 0 Å². The van der Waals surface area contributed by atoms with E-state index in [1.807, 2.05) is 0 Å². The number of benzene rings is 9. The van der Waals surface area contributed by atoms with Gasteiger partial charge in [0.2, 0.25) is 0 Å². The highest BCUT2D eigenvalue weighted by Crippen LogP contribution is 2.45. The minimum absolute atomic E-state index is 1.25. The summed E-state index contributed by atoms with van der Waals surface area (Å²) in [6.45, 7) is 0. The van der Waals surface area contributed by atoms with Gasteiger partial charge in [-0.05, 0) is 99.0 Å². The minimum Gasteiger partial charge on any atom is -0.0616 e. The summed E-state index contributed by atoms with van der Waals surface area (Å²) >= 11 is 0. The van der Waals surface area contributed by atoms with E-state index in [-0.39, 0.29) is 0 Å². The molecule has 0 bridgehead atoms. The average molecular weight is 531 g/mol. The van der Waals surface area contributed by atoms with Gasteiger partial charge in [0.25, 0.3) is 0 Å². The third-order valence-corrected chi connectivity index (χ3v) is 9.02. The fourth-order valence-electron chi connectivity index (χ4n) is 7.14. The van der Waals surface area contributed by atoms with Crippen molar-refractivity contribution in [1.29, 1.82) is 0 Å². The summed E-state index contributed by atoms with van der Waals surface area (Å²) in [5, 5.41) is 15.5. The Balaban J connectivity index is 1.43. The average Bonchev–Trinajstić information content (AvgIpc) is 3.07. The van der Waals surface area contributed by atoms with Crippen LogP contribution in [-0.4, -0.2) is 0 Å². The first-order valence-corrected chi connectivity index (χ1v) is 14.6. The van der Waals surface area contributed by atoms with Crippen molar-refractivity contribution in [2.24, 2.45) is 0 Å². The molecular formula is C42H26. The SMILES string of the molecule is c1ccc2c(-c3ccc4c(c3)c3ccccc3c3cc(-c5cccc6ccccc56)c5ccccc5c43)cccc2c1. The summed E-state index contributed by atoms with van der Waals surface area (Å²) < 4.78 is 0. The summed E-state index contributed by atoms with van der Waals surface area (Å²) in [6.07, 6.45) is 0. The van der Waals surface area contributed by atoms with Crippen LogP contribution in [0.3, 0.4) is 0 Å². The van der Waals surface area contributed by atoms with E-state index in [0.717, 1.165) is 0 Å². The summed E-state index contributed by atoms with van der Waals surface area (Å²) in [5.41, 5.74) is 5.09. The molecule has 0 saturated heterocycles. The van der Waals surface area contributed by atoms with E-state index in [2.05, 4.69) is 158 Å². The fraction of sp³-hybridized carbons (Fsp3) is 0. The first kappa shape index (κ1) is 23.3. The summed E-state index contributed by atoms with van der Waals surface area (Å²) in [5.74, 6) is 0. The van der Waals surface area contributed by atoms with Crippen LogP contribution in [0.1, 0.15) is 0 Å². The summed E-state index contributed by atoms with van der Waals surface area (Å²) in [6, 6.07) is 58.1. The van der Waals surface area contributed by atoms with Crippen molar-refractivity contribution < 1.29 is 0 Å². The lowest BCUT2D eigenvalue weighted by Gasteiger charge is -2.18. The van der Waals surface area contributed by atoms with Crippen molar-refractivity contribution >= 4 is 64.6 Å². The molecule has 0 heteroatoms. The highest BCUT2D eigenvalue weighted by atomic mass is 14.2. The van der Waals surface area contributed by atoms with Gasteiger partial charge in [-0.3, -0.25) is 0 Å². The van der Waals surface area contributed by atoms with Crippen LogP contribution in [0.15, 0.2) is 158 Å². The van der Waals surface area contributed by atoms with E-state index in [0.29, 0.717) is 0 Å². The van der Waals surface area contributed by atoms with Crippen molar-refractivity contribution in [3.8, 4) is 22.3 Å². The van der Waals surface area contributed by atoms with Crippen LogP contribution in [0.2, 0.25) is 0 Å². The summed E-state index contributed by atoms with van der Waals surface area (Å²) in [7, 11) is 0. The first-order chi connectivity index (χ1) is 20.8. The molecule has 0 spiro atoms. The van der Waals surface area contributed by atoms with Crippen LogP contribution in [0.25, 0.3) is 86.9 Å². The van der Waals surface area contributed by atoms with Gasteiger partial charge in [-0.1, -0.05) is 146 Å². The molecule has 0 aliphatic heterocycles. The predicted octanol–water partition coefficient (Wildman–Crippen LogP) is 11.9. The lowest BCUT2D eigenvalue weighted by Crippen LogP contribution is -1.90. The zero-order valence-corrected chi connectivity index (χ0v) is 23.0. The molecule has 0 fully saturated rings. The van der Waals surface area contributed by atoms with Crippen LogP contribution < -0.4 is 0 Å². The molecular weight excluding hydrogens is 504 g/mol. The number of hydrogen-bond donors (Lipinski definition) is 0. The maximum Gasteiger partial charge on any atom is -0.00199 e. The van der Waals surface area contributed by atoms with Crippen LogP contribution in [0.4, 0.5) is 0 Å². The Morgan fingerprint density at radius 2 is 0.738 bits per heavy atom. The molecule has 0 aliphatic rings. The van der Waals surface area contributed by atoms with E-state index >= 15 is 0 Å². The topological polar surface area (TPSA) is 0 Å². The van der Waals surface area contributed by atoms with Gasteiger partial charge in [0, 0.05) is 0 Å². The minimum atomic E-state index is 1.25. The maximum absolute atomic E-state index is 2.44. The zero-order chi connectivity index (χ0) is 27.6. The van der Waals surface area contributed by atoms with Crippen molar-refractivity contribution in [3.05, 3.63) is 158 Å². The van der Waals surface area contributed by atoms with Crippen LogP contribution in [-0.2, 0) is 0 Å². The lowest BCUT2D eigenvalue weighted by atomic mass is 9.85. The second-order valence-electron chi connectivity index (χ2n) is 11.3. The molecule has 0 aromatic heterocycles. The molecule has 0 atom stereocenters. The molecule has 0 N–H and O–H groups in total. The largest absolute Gasteiger partial charge is 0.0616 e. The van der Waals surface area contributed by atoms with Gasteiger partial charge in [-0.25, -0.2) is 0 Å². The Kier molecular flexibility index (Phi) is 5.00. The smallest absolute Gasteiger partial charge is 0.00199 e. The van der Waals surface area contributed by atoms with Gasteiger partial charge in [-0.15, -0.1) is 0 Å². The molecule has 9 rings (SSSR count). The molecule has 0 amide bonds. The predicted molar refractivity (Wildman–Crippen MR) is 182 cm³/mol. The van der Waals surface area contributed by atoms with Gasteiger partial charge in [0.15, 0.2) is 0 Å². The summed E-state index contributed by atoms with van der Waals surface area (Å²) in [4.78, 5) is 0. The fourth-order valence-corrected chi connectivity index (χ4v) is 7.14. The second-order valence-corrected chi connectivity index (χ2v) is 11.3. The van der Waals surface area contributed by atoms with Crippen LogP contribution >= 0.6 is 0 Å². The van der Waals surface area contributed by atoms with Gasteiger partial charge in [0.1, 0.15) is 0 Å². The van der Waals surface area contributed by atoms with E-state index in [1.54, 1.807) is 0 Å². The molecule has 194 valence electrons. The zero-order valence-electron chi connectivity index (χ0n) is 23.0. The molecule has 42 heavy (non-hydrogen) atoms. The Bertz CT molecular complexity index is 2500. The highest BCUT2D eigenvalue weighted by Gasteiger charge is 2.17. The molecule has 0 saturated carbocycles. The monoisotopic (exact) mass is 530 g/mol.